The number of carbonyl (C=O) groups is 1. The molecular weight excluding hydrogens is 238 g/mol. The maximum absolute atomic E-state index is 12.1. The number of hydrogen-bond acceptors (Lipinski definition) is 3. The van der Waals surface area contributed by atoms with Gasteiger partial charge >= 0.3 is 0 Å². The van der Waals surface area contributed by atoms with Crippen molar-refractivity contribution in [2.75, 3.05) is 18.4 Å². The van der Waals surface area contributed by atoms with E-state index in [0.717, 1.165) is 12.4 Å². The Kier molecular flexibility index (Phi) is 5.33. The molecule has 0 saturated carbocycles. The topological polar surface area (TPSA) is 54.0 Å². The Labute approximate surface area is 116 Å². The predicted molar refractivity (Wildman–Crippen MR) is 79.4 cm³/mol. The maximum Gasteiger partial charge on any atom is 0.251 e. The number of nitrogens with zero attached hydrogens (tertiary/aromatic N) is 1. The van der Waals surface area contributed by atoms with E-state index in [1.807, 2.05) is 6.92 Å². The van der Waals surface area contributed by atoms with Crippen molar-refractivity contribution in [1.29, 1.82) is 0 Å². The molecule has 1 aromatic rings. The van der Waals surface area contributed by atoms with Gasteiger partial charge in [-0.1, -0.05) is 27.7 Å². The van der Waals surface area contributed by atoms with Gasteiger partial charge in [-0.05, 0) is 30.4 Å². The van der Waals surface area contributed by atoms with Crippen LogP contribution < -0.4 is 10.6 Å². The highest BCUT2D eigenvalue weighted by molar-refractivity contribution is 5.94. The molecule has 19 heavy (non-hydrogen) atoms. The van der Waals surface area contributed by atoms with Gasteiger partial charge in [0.05, 0.1) is 0 Å². The van der Waals surface area contributed by atoms with Gasteiger partial charge in [0.1, 0.15) is 5.82 Å². The van der Waals surface area contributed by atoms with E-state index in [0.29, 0.717) is 18.0 Å². The number of hydrogen-bond donors (Lipinski definition) is 2. The first kappa shape index (κ1) is 15.5. The van der Waals surface area contributed by atoms with E-state index < -0.39 is 0 Å². The lowest BCUT2D eigenvalue weighted by molar-refractivity contribution is 0.0924. The number of amides is 1. The summed E-state index contributed by atoms with van der Waals surface area (Å²) in [5.41, 5.74) is 0.734. The van der Waals surface area contributed by atoms with Crippen molar-refractivity contribution < 1.29 is 4.79 Å². The van der Waals surface area contributed by atoms with Gasteiger partial charge in [0.25, 0.3) is 5.91 Å². The lowest BCUT2D eigenvalue weighted by atomic mass is 9.81. The summed E-state index contributed by atoms with van der Waals surface area (Å²) in [6, 6.07) is 3.51. The van der Waals surface area contributed by atoms with Gasteiger partial charge in [-0.25, -0.2) is 4.98 Å². The molecule has 0 aromatic carbocycles. The Balaban J connectivity index is 2.66. The Bertz CT molecular complexity index is 427. The smallest absolute Gasteiger partial charge is 0.251 e. The highest BCUT2D eigenvalue weighted by atomic mass is 16.1. The molecule has 4 nitrogen and oxygen atoms in total. The van der Waals surface area contributed by atoms with Gasteiger partial charge in [0.2, 0.25) is 0 Å². The first-order valence-corrected chi connectivity index (χ1v) is 6.85. The molecule has 0 aliphatic carbocycles. The fourth-order valence-corrected chi connectivity index (χ4v) is 1.46. The molecular formula is C15H25N3O. The minimum absolute atomic E-state index is 0.0460. The average Bonchev–Trinajstić information content (AvgIpc) is 2.36. The molecule has 1 amide bonds. The zero-order chi connectivity index (χ0) is 14.5. The van der Waals surface area contributed by atoms with Crippen LogP contribution in [-0.4, -0.2) is 24.0 Å². The van der Waals surface area contributed by atoms with Crippen molar-refractivity contribution in [3.05, 3.63) is 23.9 Å². The molecule has 1 aromatic heterocycles. The number of carbonyl (C=O) groups excluding carboxylic acids is 1. The summed E-state index contributed by atoms with van der Waals surface area (Å²) in [6.07, 6.45) is 1.65. The number of pyridine rings is 1. The van der Waals surface area contributed by atoms with Crippen molar-refractivity contribution in [3.8, 4) is 0 Å². The van der Waals surface area contributed by atoms with Crippen LogP contribution in [0.5, 0.6) is 0 Å². The lowest BCUT2D eigenvalue weighted by Crippen LogP contribution is -2.37. The molecule has 4 heteroatoms. The normalized spacial score (nSPS) is 11.5. The second-order valence-electron chi connectivity index (χ2n) is 5.79. The largest absolute Gasteiger partial charge is 0.370 e. The summed E-state index contributed by atoms with van der Waals surface area (Å²) in [7, 11) is 0. The molecule has 0 spiro atoms. The van der Waals surface area contributed by atoms with Crippen LogP contribution in [0.2, 0.25) is 0 Å². The molecule has 106 valence electrons. The Hall–Kier alpha value is -1.58. The van der Waals surface area contributed by atoms with E-state index in [9.17, 15) is 4.79 Å². The molecule has 0 aliphatic heterocycles. The molecule has 0 radical (unpaired) electrons. The SMILES string of the molecule is CCNc1cc(C(=O)NCC(C)(C)C(C)C)ccn1. The Morgan fingerprint density at radius 3 is 2.68 bits per heavy atom. The zero-order valence-electron chi connectivity index (χ0n) is 12.6. The quantitative estimate of drug-likeness (QED) is 0.829. The summed E-state index contributed by atoms with van der Waals surface area (Å²) < 4.78 is 0. The third-order valence-electron chi connectivity index (χ3n) is 3.65. The van der Waals surface area contributed by atoms with Crippen molar-refractivity contribution in [2.45, 2.75) is 34.6 Å². The second kappa shape index (κ2) is 6.55. The summed E-state index contributed by atoms with van der Waals surface area (Å²) in [4.78, 5) is 16.3. The second-order valence-corrected chi connectivity index (χ2v) is 5.79. The van der Waals surface area contributed by atoms with E-state index >= 15 is 0 Å². The monoisotopic (exact) mass is 263 g/mol. The van der Waals surface area contributed by atoms with Gasteiger partial charge < -0.3 is 10.6 Å². The van der Waals surface area contributed by atoms with E-state index in [-0.39, 0.29) is 11.3 Å². The van der Waals surface area contributed by atoms with E-state index in [1.54, 1.807) is 18.3 Å². The minimum Gasteiger partial charge on any atom is -0.370 e. The summed E-state index contributed by atoms with van der Waals surface area (Å²) in [5.74, 6) is 1.20. The van der Waals surface area contributed by atoms with Crippen molar-refractivity contribution in [3.63, 3.8) is 0 Å². The van der Waals surface area contributed by atoms with Crippen LogP contribution in [0.25, 0.3) is 0 Å². The minimum atomic E-state index is -0.0460. The molecule has 2 N–H and O–H groups in total. The van der Waals surface area contributed by atoms with Crippen LogP contribution in [-0.2, 0) is 0 Å². The lowest BCUT2D eigenvalue weighted by Gasteiger charge is -2.29. The van der Waals surface area contributed by atoms with Crippen molar-refractivity contribution in [2.24, 2.45) is 11.3 Å². The van der Waals surface area contributed by atoms with Crippen LogP contribution in [0.3, 0.4) is 0 Å². The Morgan fingerprint density at radius 1 is 1.42 bits per heavy atom. The molecule has 1 rings (SSSR count). The van der Waals surface area contributed by atoms with Gasteiger partial charge in [-0.3, -0.25) is 4.79 Å². The highest BCUT2D eigenvalue weighted by Gasteiger charge is 2.23. The number of anilines is 1. The van der Waals surface area contributed by atoms with Crippen LogP contribution in [0.4, 0.5) is 5.82 Å². The molecule has 0 aliphatic rings. The van der Waals surface area contributed by atoms with Gasteiger partial charge in [-0.2, -0.15) is 0 Å². The molecule has 1 heterocycles. The summed E-state index contributed by atoms with van der Waals surface area (Å²) >= 11 is 0. The van der Waals surface area contributed by atoms with Crippen molar-refractivity contribution >= 4 is 11.7 Å². The zero-order valence-corrected chi connectivity index (χ0v) is 12.6. The first-order valence-electron chi connectivity index (χ1n) is 6.85. The van der Waals surface area contributed by atoms with Gasteiger partial charge in [0.15, 0.2) is 0 Å². The van der Waals surface area contributed by atoms with Crippen LogP contribution >= 0.6 is 0 Å². The molecule has 0 bridgehead atoms. The number of nitrogens with one attached hydrogen (secondary N) is 2. The number of rotatable bonds is 6. The van der Waals surface area contributed by atoms with Crippen molar-refractivity contribution in [1.82, 2.24) is 10.3 Å². The van der Waals surface area contributed by atoms with E-state index in [1.165, 1.54) is 0 Å². The summed E-state index contributed by atoms with van der Waals surface area (Å²) in [5, 5.41) is 6.10. The molecule has 0 saturated heterocycles. The molecule has 0 atom stereocenters. The predicted octanol–water partition coefficient (Wildman–Crippen LogP) is 2.93. The molecule has 0 unspecified atom stereocenters. The highest BCUT2D eigenvalue weighted by Crippen LogP contribution is 2.24. The third kappa shape index (κ3) is 4.54. The first-order chi connectivity index (χ1) is 8.86. The van der Waals surface area contributed by atoms with E-state index in [4.69, 9.17) is 0 Å². The van der Waals surface area contributed by atoms with Crippen LogP contribution in [0.1, 0.15) is 45.0 Å². The van der Waals surface area contributed by atoms with Crippen LogP contribution in [0, 0.1) is 11.3 Å². The fraction of sp³-hybridized carbons (Fsp3) is 0.600. The maximum atomic E-state index is 12.1. The van der Waals surface area contributed by atoms with Gasteiger partial charge in [-0.15, -0.1) is 0 Å². The Morgan fingerprint density at radius 2 is 2.11 bits per heavy atom. The van der Waals surface area contributed by atoms with Crippen LogP contribution in [0.15, 0.2) is 18.3 Å². The van der Waals surface area contributed by atoms with Gasteiger partial charge in [0, 0.05) is 24.8 Å². The summed E-state index contributed by atoms with van der Waals surface area (Å²) in [6.45, 7) is 12.1. The number of aromatic nitrogens is 1. The third-order valence-corrected chi connectivity index (χ3v) is 3.65. The van der Waals surface area contributed by atoms with E-state index in [2.05, 4.69) is 43.3 Å². The fourth-order valence-electron chi connectivity index (χ4n) is 1.46. The molecule has 0 fully saturated rings. The standard InChI is InChI=1S/C15H25N3O/c1-6-16-13-9-12(7-8-17-13)14(19)18-10-15(4,5)11(2)3/h7-9,11H,6,10H2,1-5H3,(H,16,17)(H,18,19). The average molecular weight is 263 g/mol.